The van der Waals surface area contributed by atoms with Crippen LogP contribution in [-0.4, -0.2) is 33.4 Å². The van der Waals surface area contributed by atoms with E-state index in [1.165, 1.54) is 11.1 Å². The highest BCUT2D eigenvalue weighted by molar-refractivity contribution is 5.94. The van der Waals surface area contributed by atoms with Crippen molar-refractivity contribution in [1.82, 2.24) is 14.5 Å². The summed E-state index contributed by atoms with van der Waals surface area (Å²) in [5, 5.41) is 0. The van der Waals surface area contributed by atoms with Gasteiger partial charge in [-0.1, -0.05) is 42.5 Å². The zero-order valence-electron chi connectivity index (χ0n) is 15.5. The molecule has 1 aliphatic heterocycles. The Morgan fingerprint density at radius 3 is 2.37 bits per heavy atom. The molecule has 0 atom stereocenters. The van der Waals surface area contributed by atoms with Crippen LogP contribution in [0.4, 0.5) is 0 Å². The third-order valence-electron chi connectivity index (χ3n) is 5.39. The van der Waals surface area contributed by atoms with Crippen LogP contribution in [0.25, 0.3) is 0 Å². The molecule has 0 saturated carbocycles. The first-order chi connectivity index (χ1) is 13.3. The molecule has 2 heterocycles. The highest BCUT2D eigenvalue weighted by atomic mass is 16.2. The molecule has 1 amide bonds. The number of piperidine rings is 1. The Hall–Kier alpha value is -2.88. The maximum Gasteiger partial charge on any atom is 0.253 e. The quantitative estimate of drug-likeness (QED) is 0.690. The van der Waals surface area contributed by atoms with E-state index in [0.29, 0.717) is 5.92 Å². The lowest BCUT2D eigenvalue weighted by Gasteiger charge is -2.32. The third-order valence-corrected chi connectivity index (χ3v) is 5.39. The molecule has 27 heavy (non-hydrogen) atoms. The van der Waals surface area contributed by atoms with Crippen molar-refractivity contribution in [2.24, 2.45) is 5.92 Å². The fraction of sp³-hybridized carbons (Fsp3) is 0.304. The molecule has 0 aliphatic carbocycles. The molecule has 0 unspecified atom stereocenters. The Balaban J connectivity index is 1.31. The molecule has 1 fully saturated rings. The molecule has 0 radical (unpaired) electrons. The fourth-order valence-electron chi connectivity index (χ4n) is 3.81. The Labute approximate surface area is 160 Å². The first kappa shape index (κ1) is 17.5. The molecule has 0 N–H and O–H groups in total. The van der Waals surface area contributed by atoms with E-state index in [9.17, 15) is 4.79 Å². The molecule has 0 spiro atoms. The van der Waals surface area contributed by atoms with E-state index in [2.05, 4.69) is 35.3 Å². The molecule has 1 aromatic heterocycles. The van der Waals surface area contributed by atoms with Crippen molar-refractivity contribution >= 4 is 5.91 Å². The Bertz CT molecular complexity index is 848. The molecule has 4 rings (SSSR count). The molecule has 138 valence electrons. The fourth-order valence-corrected chi connectivity index (χ4v) is 3.81. The van der Waals surface area contributed by atoms with Crippen LogP contribution in [0.3, 0.4) is 0 Å². The number of benzene rings is 2. The lowest BCUT2D eigenvalue weighted by molar-refractivity contribution is 0.0690. The maximum atomic E-state index is 12.8. The number of aromatic nitrogens is 2. The summed E-state index contributed by atoms with van der Waals surface area (Å²) in [6.07, 6.45) is 8.81. The predicted octanol–water partition coefficient (Wildman–Crippen LogP) is 4.03. The predicted molar refractivity (Wildman–Crippen MR) is 107 cm³/mol. The third kappa shape index (κ3) is 4.45. The summed E-state index contributed by atoms with van der Waals surface area (Å²) in [6.45, 7) is 2.49. The molecule has 2 aromatic carbocycles. The second kappa shape index (κ2) is 8.21. The van der Waals surface area contributed by atoms with Gasteiger partial charge in [-0.15, -0.1) is 0 Å². The first-order valence-electron chi connectivity index (χ1n) is 9.66. The average Bonchev–Trinajstić information content (AvgIpc) is 3.22. The lowest BCUT2D eigenvalue weighted by atomic mass is 9.90. The summed E-state index contributed by atoms with van der Waals surface area (Å²) >= 11 is 0. The molecular formula is C23H25N3O. The highest BCUT2D eigenvalue weighted by Crippen LogP contribution is 2.23. The average molecular weight is 359 g/mol. The Morgan fingerprint density at radius 2 is 1.70 bits per heavy atom. The number of nitrogens with zero attached hydrogens (tertiary/aromatic N) is 3. The number of rotatable bonds is 5. The van der Waals surface area contributed by atoms with Gasteiger partial charge in [0.05, 0.1) is 6.33 Å². The van der Waals surface area contributed by atoms with Gasteiger partial charge < -0.3 is 9.47 Å². The van der Waals surface area contributed by atoms with E-state index in [4.69, 9.17) is 0 Å². The second-order valence-corrected chi connectivity index (χ2v) is 7.36. The van der Waals surface area contributed by atoms with Crippen molar-refractivity contribution < 1.29 is 4.79 Å². The molecule has 3 aromatic rings. The van der Waals surface area contributed by atoms with E-state index < -0.39 is 0 Å². The number of likely N-dealkylation sites (tertiary alicyclic amines) is 1. The van der Waals surface area contributed by atoms with E-state index >= 15 is 0 Å². The molecule has 1 aliphatic rings. The summed E-state index contributed by atoms with van der Waals surface area (Å²) in [4.78, 5) is 18.9. The van der Waals surface area contributed by atoms with Crippen LogP contribution in [0.15, 0.2) is 73.3 Å². The van der Waals surface area contributed by atoms with Crippen LogP contribution >= 0.6 is 0 Å². The van der Waals surface area contributed by atoms with Gasteiger partial charge in [-0.3, -0.25) is 4.79 Å². The summed E-state index contributed by atoms with van der Waals surface area (Å²) in [6, 6.07) is 18.6. The molecule has 4 heteroatoms. The van der Waals surface area contributed by atoms with Crippen LogP contribution < -0.4 is 0 Å². The van der Waals surface area contributed by atoms with Crippen molar-refractivity contribution in [3.63, 3.8) is 0 Å². The zero-order chi connectivity index (χ0) is 18.5. The standard InChI is InChI=1S/C23H25N3O/c27-23(22-8-6-21(7-9-22)17-25-15-12-24-18-25)26-13-10-20(11-14-26)16-19-4-2-1-3-5-19/h1-9,12,15,18,20H,10-11,13-14,16-17H2. The van der Waals surface area contributed by atoms with Gasteiger partial charge in [0, 0.05) is 37.6 Å². The number of hydrogen-bond donors (Lipinski definition) is 0. The molecule has 1 saturated heterocycles. The molecular weight excluding hydrogens is 334 g/mol. The van der Waals surface area contributed by atoms with E-state index in [1.807, 2.05) is 39.9 Å². The van der Waals surface area contributed by atoms with Crippen molar-refractivity contribution in [3.05, 3.63) is 90.0 Å². The minimum Gasteiger partial charge on any atom is -0.339 e. The van der Waals surface area contributed by atoms with Crippen LogP contribution in [0.1, 0.15) is 34.3 Å². The summed E-state index contributed by atoms with van der Waals surface area (Å²) in [7, 11) is 0. The Morgan fingerprint density at radius 1 is 0.963 bits per heavy atom. The molecule has 0 bridgehead atoms. The van der Waals surface area contributed by atoms with Gasteiger partial charge in [-0.05, 0) is 48.4 Å². The van der Waals surface area contributed by atoms with Crippen LogP contribution in [-0.2, 0) is 13.0 Å². The normalized spacial score (nSPS) is 15.0. The number of carbonyl (C=O) groups excluding carboxylic acids is 1. The van der Waals surface area contributed by atoms with Crippen LogP contribution in [0.5, 0.6) is 0 Å². The van der Waals surface area contributed by atoms with E-state index in [1.54, 1.807) is 12.5 Å². The smallest absolute Gasteiger partial charge is 0.253 e. The first-order valence-corrected chi connectivity index (χ1v) is 9.66. The van der Waals surface area contributed by atoms with Gasteiger partial charge in [0.2, 0.25) is 0 Å². The molecule has 4 nitrogen and oxygen atoms in total. The van der Waals surface area contributed by atoms with Crippen LogP contribution in [0, 0.1) is 5.92 Å². The topological polar surface area (TPSA) is 38.1 Å². The highest BCUT2D eigenvalue weighted by Gasteiger charge is 2.23. The monoisotopic (exact) mass is 359 g/mol. The van der Waals surface area contributed by atoms with E-state index in [0.717, 1.165) is 44.5 Å². The number of carbonyl (C=O) groups is 1. The largest absolute Gasteiger partial charge is 0.339 e. The van der Waals surface area contributed by atoms with Gasteiger partial charge in [0.15, 0.2) is 0 Å². The SMILES string of the molecule is O=C(c1ccc(Cn2ccnc2)cc1)N1CCC(Cc2ccccc2)CC1. The van der Waals surface area contributed by atoms with Crippen molar-refractivity contribution in [2.75, 3.05) is 13.1 Å². The van der Waals surface area contributed by atoms with Crippen molar-refractivity contribution in [1.29, 1.82) is 0 Å². The zero-order valence-corrected chi connectivity index (χ0v) is 15.5. The minimum absolute atomic E-state index is 0.155. The summed E-state index contributed by atoms with van der Waals surface area (Å²) in [5.41, 5.74) is 3.35. The lowest BCUT2D eigenvalue weighted by Crippen LogP contribution is -2.38. The van der Waals surface area contributed by atoms with Gasteiger partial charge in [0.25, 0.3) is 5.91 Å². The van der Waals surface area contributed by atoms with Crippen LogP contribution in [0.2, 0.25) is 0 Å². The van der Waals surface area contributed by atoms with Gasteiger partial charge in [0.1, 0.15) is 0 Å². The number of amides is 1. The number of hydrogen-bond acceptors (Lipinski definition) is 2. The van der Waals surface area contributed by atoms with Gasteiger partial charge >= 0.3 is 0 Å². The summed E-state index contributed by atoms with van der Waals surface area (Å²) < 4.78 is 2.02. The van der Waals surface area contributed by atoms with Crippen molar-refractivity contribution in [2.45, 2.75) is 25.8 Å². The Kier molecular flexibility index (Phi) is 5.33. The van der Waals surface area contributed by atoms with Gasteiger partial charge in [-0.25, -0.2) is 4.98 Å². The van der Waals surface area contributed by atoms with E-state index in [-0.39, 0.29) is 5.91 Å². The minimum atomic E-state index is 0.155. The summed E-state index contributed by atoms with van der Waals surface area (Å²) in [5.74, 6) is 0.830. The number of imidazole rings is 1. The van der Waals surface area contributed by atoms with Gasteiger partial charge in [-0.2, -0.15) is 0 Å². The maximum absolute atomic E-state index is 12.8. The second-order valence-electron chi connectivity index (χ2n) is 7.36. The van der Waals surface area contributed by atoms with Crippen molar-refractivity contribution in [3.8, 4) is 0 Å².